The number of aromatic nitrogens is 1. The summed E-state index contributed by atoms with van der Waals surface area (Å²) in [7, 11) is 3.30. The molecule has 1 amide bonds. The molecule has 1 aliphatic carbocycles. The van der Waals surface area contributed by atoms with E-state index in [1.54, 1.807) is 24.4 Å². The first-order valence-corrected chi connectivity index (χ1v) is 15.0. The van der Waals surface area contributed by atoms with E-state index in [1.165, 1.54) is 7.11 Å². The van der Waals surface area contributed by atoms with Gasteiger partial charge in [0.05, 0.1) is 22.4 Å². The molecular weight excluding hydrogens is 684 g/mol. The Kier molecular flexibility index (Phi) is 20.5. The van der Waals surface area contributed by atoms with Crippen LogP contribution < -0.4 is 40.0 Å². The van der Waals surface area contributed by atoms with Gasteiger partial charge in [0.2, 0.25) is 5.78 Å². The number of carbonyl (C=O) groups is 3. The van der Waals surface area contributed by atoms with Crippen molar-refractivity contribution in [3.05, 3.63) is 64.8 Å². The molecule has 0 radical (unpaired) electrons. The van der Waals surface area contributed by atoms with Gasteiger partial charge in [-0.25, -0.2) is 4.90 Å². The summed E-state index contributed by atoms with van der Waals surface area (Å²) < 4.78 is 14.1. The zero-order chi connectivity index (χ0) is 30.0. The van der Waals surface area contributed by atoms with E-state index >= 15 is 0 Å². The van der Waals surface area contributed by atoms with Crippen LogP contribution in [0.3, 0.4) is 0 Å². The maximum Gasteiger partial charge on any atom is 1.00 e. The summed E-state index contributed by atoms with van der Waals surface area (Å²) in [5, 5.41) is 14.1. The van der Waals surface area contributed by atoms with Crippen molar-refractivity contribution in [1.29, 1.82) is 0 Å². The molecule has 2 unspecified atom stereocenters. The first-order valence-electron chi connectivity index (χ1n) is 14.2. The molecule has 2 aliphatic rings. The van der Waals surface area contributed by atoms with Crippen molar-refractivity contribution in [2.75, 3.05) is 25.5 Å². The van der Waals surface area contributed by atoms with Crippen molar-refractivity contribution in [2.24, 2.45) is 13.0 Å². The summed E-state index contributed by atoms with van der Waals surface area (Å²) in [6.07, 6.45) is 4.91. The second-order valence-corrected chi connectivity index (χ2v) is 11.8. The van der Waals surface area contributed by atoms with Gasteiger partial charge in [-0.1, -0.05) is 35.9 Å². The number of amides is 1. The average Bonchev–Trinajstić information content (AvgIpc) is 3.65. The van der Waals surface area contributed by atoms with Gasteiger partial charge in [-0.05, 0) is 68.2 Å². The number of alkyl halides is 1. The number of methoxy groups -OCH3 is 1. The number of rotatable bonds is 10. The van der Waals surface area contributed by atoms with Crippen molar-refractivity contribution in [3.8, 4) is 0 Å². The van der Waals surface area contributed by atoms with E-state index in [0.29, 0.717) is 55.6 Å². The van der Waals surface area contributed by atoms with Crippen LogP contribution >= 0.6 is 23.2 Å². The van der Waals surface area contributed by atoms with Crippen LogP contribution in [0.4, 0.5) is 5.69 Å². The van der Waals surface area contributed by atoms with Gasteiger partial charge in [0.15, 0.2) is 0 Å². The number of likely N-dealkylation sites (tertiary alicyclic amines) is 1. The number of carboxylic acids is 1. The van der Waals surface area contributed by atoms with Crippen LogP contribution in [-0.2, 0) is 26.1 Å². The van der Waals surface area contributed by atoms with E-state index in [9.17, 15) is 19.5 Å². The summed E-state index contributed by atoms with van der Waals surface area (Å²) >= 11 is 13.4. The van der Waals surface area contributed by atoms with Crippen LogP contribution in [0.1, 0.15) is 59.8 Å². The molecule has 1 aliphatic heterocycles. The normalized spacial score (nSPS) is 18.9. The number of para-hydroxylation sites is 1. The summed E-state index contributed by atoms with van der Waals surface area (Å²) in [4.78, 5) is 40.4. The number of benzene rings is 2. The van der Waals surface area contributed by atoms with Gasteiger partial charge in [-0.15, -0.1) is 11.6 Å². The fraction of sp³-hybridized carbons (Fsp3) is 0.452. The van der Waals surface area contributed by atoms with Crippen LogP contribution in [0.15, 0.2) is 48.7 Å². The van der Waals surface area contributed by atoms with E-state index in [0.717, 1.165) is 23.7 Å². The first-order chi connectivity index (χ1) is 20.1. The predicted molar refractivity (Wildman–Crippen MR) is 176 cm³/mol. The summed E-state index contributed by atoms with van der Waals surface area (Å²) in [6.45, 7) is 1.19. The monoisotopic (exact) mass is 727 g/mol. The molecule has 1 saturated heterocycles. The third kappa shape index (κ3) is 9.75. The third-order valence-corrected chi connectivity index (χ3v) is 9.11. The molecule has 0 bridgehead atoms. The second-order valence-electron chi connectivity index (χ2n) is 11.0. The number of ketones is 1. The van der Waals surface area contributed by atoms with Crippen molar-refractivity contribution in [3.63, 3.8) is 0 Å². The maximum absolute atomic E-state index is 14.1. The van der Waals surface area contributed by atoms with Gasteiger partial charge in [-0.2, -0.15) is 0 Å². The third-order valence-electron chi connectivity index (χ3n) is 8.35. The Morgan fingerprint density at radius 3 is 2.15 bits per heavy atom. The number of hydrogen-bond acceptors (Lipinski definition) is 7. The number of hydrogen-bond donors (Lipinski definition) is 1. The largest absolute Gasteiger partial charge is 1.00 e. The number of aryl methyl sites for hydroxylation is 1. The molecule has 5 rings (SSSR count). The Labute approximate surface area is 310 Å². The van der Waals surface area contributed by atoms with Gasteiger partial charge < -0.3 is 56.6 Å². The predicted octanol–water partition coefficient (Wildman–Crippen LogP) is -2.47. The van der Waals surface area contributed by atoms with Gasteiger partial charge in [0.25, 0.3) is 11.8 Å². The van der Waals surface area contributed by atoms with E-state index in [4.69, 9.17) is 32.7 Å². The molecule has 11 N–H and O–H groups in total. The minimum absolute atomic E-state index is 0. The molecule has 264 valence electrons. The Morgan fingerprint density at radius 2 is 1.58 bits per heavy atom. The van der Waals surface area contributed by atoms with Crippen molar-refractivity contribution < 1.29 is 85.9 Å². The zero-order valence-corrected chi connectivity index (χ0v) is 30.6. The zero-order valence-electron chi connectivity index (χ0n) is 27.1. The van der Waals surface area contributed by atoms with Crippen LogP contribution in [0.25, 0.3) is 10.9 Å². The minimum atomic E-state index is -1.73. The number of halogens is 2. The number of carboxylic acid groups (broad SMARTS) is 1. The number of nitrogens with zero attached hydrogens (tertiary/aromatic N) is 2. The number of nitrogens with one attached hydrogen (secondary N) is 1. The molecule has 14 nitrogen and oxygen atoms in total. The second kappa shape index (κ2) is 20.5. The van der Waals surface area contributed by atoms with Crippen molar-refractivity contribution in [2.45, 2.75) is 55.9 Å². The topological polar surface area (TPSA) is 270 Å². The number of Topliss-reactive ketones (excluding diaryl/α,β-unsaturated/α-hetero) is 1. The quantitative estimate of drug-likeness (QED) is 0.133. The fourth-order valence-corrected chi connectivity index (χ4v) is 6.54. The minimum Gasteiger partial charge on any atom is -0.550 e. The Balaban J connectivity index is 0. The smallest absolute Gasteiger partial charge is 0.550 e. The molecule has 17 heteroatoms. The Hall–Kier alpha value is -2.15. The molecular formula is C31H44Cl2N3NaO11. The number of carbonyl (C=O) groups excluding carboxylic acids is 3. The van der Waals surface area contributed by atoms with E-state index in [1.807, 2.05) is 40.8 Å². The number of anilines is 1. The SMILES string of the molecule is COC(OC1CCC(C(=O)[O-])CC1)(C(=O)C(Cl)c1ccc(NC(=O)c2cn(C)c3ccccc23)c(Cl)c1)N1CCCC1.O.O.O.O.O.[Na+]. The Bertz CT molecular complexity index is 1500. The van der Waals surface area contributed by atoms with Gasteiger partial charge in [0.1, 0.15) is 5.38 Å². The van der Waals surface area contributed by atoms with Crippen molar-refractivity contribution in [1.82, 2.24) is 9.47 Å². The molecule has 2 atom stereocenters. The molecule has 2 fully saturated rings. The first kappa shape index (κ1) is 48.0. The molecule has 2 aromatic carbocycles. The molecule has 48 heavy (non-hydrogen) atoms. The van der Waals surface area contributed by atoms with Gasteiger partial charge >= 0.3 is 29.6 Å². The van der Waals surface area contributed by atoms with E-state index in [2.05, 4.69) is 5.32 Å². The van der Waals surface area contributed by atoms with E-state index < -0.39 is 29.0 Å². The molecule has 2 heterocycles. The summed E-state index contributed by atoms with van der Waals surface area (Å²) in [6, 6.07) is 12.5. The fourth-order valence-electron chi connectivity index (χ4n) is 6.03. The number of fused-ring (bicyclic) bond motifs is 1. The van der Waals surface area contributed by atoms with Gasteiger partial charge in [-0.3, -0.25) is 9.59 Å². The van der Waals surface area contributed by atoms with Crippen LogP contribution in [0.5, 0.6) is 0 Å². The Morgan fingerprint density at radius 1 is 0.979 bits per heavy atom. The molecule has 1 aromatic heterocycles. The average molecular weight is 729 g/mol. The number of ether oxygens (including phenoxy) is 2. The van der Waals surface area contributed by atoms with Crippen molar-refractivity contribution >= 4 is 57.5 Å². The van der Waals surface area contributed by atoms with Gasteiger partial charge in [0, 0.05) is 50.3 Å². The summed E-state index contributed by atoms with van der Waals surface area (Å²) in [5.41, 5.74) is 2.26. The van der Waals surface area contributed by atoms with Crippen LogP contribution in [0.2, 0.25) is 5.02 Å². The van der Waals surface area contributed by atoms with Crippen LogP contribution in [0, 0.1) is 5.92 Å². The van der Waals surface area contributed by atoms with E-state index in [-0.39, 0.29) is 74.0 Å². The number of aliphatic carboxylic acids is 1. The molecule has 1 saturated carbocycles. The molecule has 0 spiro atoms. The van der Waals surface area contributed by atoms with Crippen LogP contribution in [-0.4, -0.2) is 86.7 Å². The maximum atomic E-state index is 14.1. The summed E-state index contributed by atoms with van der Waals surface area (Å²) in [5.74, 6) is -4.10. The standard InChI is InChI=1S/C31H35Cl2N3O6.Na.5H2O/c1-35-18-23(22-7-3-4-8-26(22)35)29(38)34-25-14-11-20(17-24(25)32)27(33)28(37)31(41-2,36-15-5-6-16-36)42-21-12-9-19(10-13-21)30(39)40;;;;;;/h3-4,7-8,11,14,17-19,21,27H,5-6,9-10,12-13,15-16H2,1-2H3,(H,34,38)(H,39,40);;5*1H2/q;+1;;;;;/p-1. The molecule has 3 aromatic rings.